The molecule has 9 nitrogen and oxygen atoms in total. The highest BCUT2D eigenvalue weighted by atomic mass is 79.9. The van der Waals surface area contributed by atoms with Crippen LogP contribution in [0.1, 0.15) is 56.2 Å². The molecule has 1 amide bonds. The highest BCUT2D eigenvalue weighted by molar-refractivity contribution is 9.10. The van der Waals surface area contributed by atoms with Gasteiger partial charge in [-0.3, -0.25) is 9.00 Å². The summed E-state index contributed by atoms with van der Waals surface area (Å²) in [4.78, 5) is 24.6. The Hall–Kier alpha value is -3.16. The van der Waals surface area contributed by atoms with E-state index in [0.29, 0.717) is 33.5 Å². The lowest BCUT2D eigenvalue weighted by molar-refractivity contribution is 0.0695. The number of rotatable bonds is 9. The molecule has 13 heteroatoms. The van der Waals surface area contributed by atoms with Crippen LogP contribution in [-0.2, 0) is 24.4 Å². The molecule has 1 atom stereocenters. The molecule has 1 aliphatic rings. The van der Waals surface area contributed by atoms with Crippen LogP contribution in [0.15, 0.2) is 53.1 Å². The Kier molecular flexibility index (Phi) is 8.07. The lowest BCUT2D eigenvalue weighted by Gasteiger charge is -2.26. The van der Waals surface area contributed by atoms with E-state index in [2.05, 4.69) is 26.3 Å². The van der Waals surface area contributed by atoms with Crippen LogP contribution in [0.5, 0.6) is 0 Å². The molecule has 2 heterocycles. The summed E-state index contributed by atoms with van der Waals surface area (Å²) in [5.41, 5.74) is 3.72. The maximum absolute atomic E-state index is 13.6. The van der Waals surface area contributed by atoms with E-state index in [-0.39, 0.29) is 40.0 Å². The van der Waals surface area contributed by atoms with E-state index in [1.807, 2.05) is 6.07 Å². The van der Waals surface area contributed by atoms with Gasteiger partial charge in [-0.2, -0.15) is 5.10 Å². The van der Waals surface area contributed by atoms with Gasteiger partial charge in [0.15, 0.2) is 0 Å². The Labute approximate surface area is 244 Å². The molecule has 0 bridgehead atoms. The van der Waals surface area contributed by atoms with Gasteiger partial charge in [-0.05, 0) is 93.8 Å². The van der Waals surface area contributed by atoms with Crippen molar-refractivity contribution in [2.24, 2.45) is 0 Å². The minimum atomic E-state index is -2.66. The number of nitrogens with one attached hydrogen (secondary N) is 1. The fourth-order valence-corrected chi connectivity index (χ4v) is 5.80. The van der Waals surface area contributed by atoms with Crippen LogP contribution in [0.25, 0.3) is 16.8 Å². The SMILES string of the molecule is CNC(=O)c1c(-c2ccc(F)cc2)nn2cc(CN(Cc3cc(Cl)c(Br)c(C(=O)O)c3)S(=O)[O-])c(C3CC3)cc12. The molecule has 208 valence electrons. The predicted octanol–water partition coefficient (Wildman–Crippen LogP) is 5.29. The number of amides is 1. The van der Waals surface area contributed by atoms with Gasteiger partial charge < -0.3 is 15.0 Å². The summed E-state index contributed by atoms with van der Waals surface area (Å²) in [6, 6.07) is 10.4. The summed E-state index contributed by atoms with van der Waals surface area (Å²) in [5, 5.41) is 16.9. The maximum atomic E-state index is 13.6. The number of carbonyl (C=O) groups excluding carboxylic acids is 1. The number of hydrogen-bond acceptors (Lipinski definition) is 5. The fourth-order valence-electron chi connectivity index (χ4n) is 4.66. The van der Waals surface area contributed by atoms with Gasteiger partial charge in [0.05, 0.1) is 26.1 Å². The molecular formula is C27H22BrClFN4O5S-. The van der Waals surface area contributed by atoms with Crippen molar-refractivity contribution in [3.8, 4) is 11.3 Å². The zero-order valence-corrected chi connectivity index (χ0v) is 24.1. The van der Waals surface area contributed by atoms with E-state index < -0.39 is 23.1 Å². The van der Waals surface area contributed by atoms with Crippen molar-refractivity contribution in [2.45, 2.75) is 31.8 Å². The monoisotopic (exact) mass is 647 g/mol. The molecule has 1 saturated carbocycles. The summed E-state index contributed by atoms with van der Waals surface area (Å²) >= 11 is 6.69. The van der Waals surface area contributed by atoms with Crippen molar-refractivity contribution in [1.29, 1.82) is 0 Å². The van der Waals surface area contributed by atoms with Crippen molar-refractivity contribution in [1.82, 2.24) is 19.2 Å². The number of fused-ring (bicyclic) bond motifs is 1. The van der Waals surface area contributed by atoms with Crippen molar-refractivity contribution < 1.29 is 27.8 Å². The molecule has 1 aliphatic carbocycles. The number of carboxylic acids is 1. The molecule has 2 N–H and O–H groups in total. The van der Waals surface area contributed by atoms with Crippen molar-refractivity contribution in [3.63, 3.8) is 0 Å². The quantitative estimate of drug-likeness (QED) is 0.238. The molecule has 1 unspecified atom stereocenters. The van der Waals surface area contributed by atoms with Gasteiger partial charge in [0.2, 0.25) is 0 Å². The molecule has 0 saturated heterocycles. The second-order valence-corrected chi connectivity index (χ2v) is 11.6. The van der Waals surface area contributed by atoms with Crippen LogP contribution in [0, 0.1) is 5.82 Å². The molecule has 0 aliphatic heterocycles. The van der Waals surface area contributed by atoms with Crippen LogP contribution >= 0.6 is 27.5 Å². The molecule has 4 aromatic rings. The minimum Gasteiger partial charge on any atom is -0.760 e. The number of benzene rings is 2. The standard InChI is InChI=1S/C27H23BrClFN4O5S/c1-31-26(35)23-22-10-19(15-2-3-15)17(13-34(22)32-25(23)16-4-6-18(30)7-5-16)12-33(40(38)39)11-14-8-20(27(36)37)24(28)21(29)9-14/h4-10,13,15H,2-3,11-12H2,1H3,(H,31,35)(H,36,37)(H,38,39)/p-1. The summed E-state index contributed by atoms with van der Waals surface area (Å²) in [5.74, 6) is -1.77. The number of aromatic nitrogens is 2. The lowest BCUT2D eigenvalue weighted by atomic mass is 10.0. The third kappa shape index (κ3) is 5.68. The molecule has 2 aromatic carbocycles. The summed E-state index contributed by atoms with van der Waals surface area (Å²) in [7, 11) is 1.52. The summed E-state index contributed by atoms with van der Waals surface area (Å²) < 4.78 is 41.1. The van der Waals surface area contributed by atoms with Crippen LogP contribution in [0.2, 0.25) is 5.02 Å². The Bertz CT molecular complexity index is 1680. The Morgan fingerprint density at radius 1 is 1.25 bits per heavy atom. The first-order chi connectivity index (χ1) is 19.1. The van der Waals surface area contributed by atoms with Gasteiger partial charge in [0, 0.05) is 43.2 Å². The van der Waals surface area contributed by atoms with Crippen molar-refractivity contribution in [2.75, 3.05) is 7.05 Å². The molecular weight excluding hydrogens is 627 g/mol. The molecule has 0 radical (unpaired) electrons. The molecule has 40 heavy (non-hydrogen) atoms. The highest BCUT2D eigenvalue weighted by Crippen LogP contribution is 2.43. The van der Waals surface area contributed by atoms with Crippen LogP contribution in [0.4, 0.5) is 4.39 Å². The van der Waals surface area contributed by atoms with Gasteiger partial charge >= 0.3 is 5.97 Å². The second kappa shape index (κ2) is 11.4. The largest absolute Gasteiger partial charge is 0.760 e. The Balaban J connectivity index is 1.58. The molecule has 1 fully saturated rings. The Morgan fingerprint density at radius 3 is 2.55 bits per heavy atom. The third-order valence-corrected chi connectivity index (χ3v) is 8.77. The number of nitrogens with zero attached hydrogens (tertiary/aromatic N) is 3. The molecule has 5 rings (SSSR count). The first-order valence-corrected chi connectivity index (χ1v) is 14.4. The van der Waals surface area contributed by atoms with E-state index in [4.69, 9.17) is 11.6 Å². The van der Waals surface area contributed by atoms with Crippen LogP contribution in [-0.4, -0.2) is 46.7 Å². The predicted molar refractivity (Wildman–Crippen MR) is 150 cm³/mol. The van der Waals surface area contributed by atoms with Crippen LogP contribution < -0.4 is 5.32 Å². The molecule has 2 aromatic heterocycles. The van der Waals surface area contributed by atoms with E-state index in [1.54, 1.807) is 18.3 Å². The maximum Gasteiger partial charge on any atom is 0.336 e. The summed E-state index contributed by atoms with van der Waals surface area (Å²) in [6.07, 6.45) is 3.55. The summed E-state index contributed by atoms with van der Waals surface area (Å²) in [6.45, 7) is -0.135. The van der Waals surface area contributed by atoms with E-state index in [9.17, 15) is 27.8 Å². The zero-order valence-electron chi connectivity index (χ0n) is 21.0. The highest BCUT2D eigenvalue weighted by Gasteiger charge is 2.30. The topological polar surface area (TPSA) is 127 Å². The fraction of sp³-hybridized carbons (Fsp3) is 0.222. The average Bonchev–Trinajstić information content (AvgIpc) is 3.70. The third-order valence-electron chi connectivity index (χ3n) is 6.71. The number of carboxylic acid groups (broad SMARTS) is 1. The normalized spacial score (nSPS) is 14.1. The first kappa shape index (κ1) is 28.4. The number of pyridine rings is 1. The van der Waals surface area contributed by atoms with Gasteiger partial charge in [-0.15, -0.1) is 0 Å². The van der Waals surface area contributed by atoms with Crippen LogP contribution in [0.3, 0.4) is 0 Å². The number of aromatic carboxylic acids is 1. The van der Waals surface area contributed by atoms with Gasteiger partial charge in [0.25, 0.3) is 5.91 Å². The van der Waals surface area contributed by atoms with Crippen molar-refractivity contribution >= 4 is 56.2 Å². The Morgan fingerprint density at radius 2 is 1.95 bits per heavy atom. The zero-order chi connectivity index (χ0) is 28.7. The lowest BCUT2D eigenvalue weighted by Crippen LogP contribution is -2.26. The number of carbonyl (C=O) groups is 2. The van der Waals surface area contributed by atoms with Crippen molar-refractivity contribution in [3.05, 3.63) is 91.8 Å². The van der Waals surface area contributed by atoms with Gasteiger partial charge in [-0.25, -0.2) is 18.0 Å². The minimum absolute atomic E-state index is 0.0188. The average molecular weight is 649 g/mol. The first-order valence-electron chi connectivity index (χ1n) is 12.2. The van der Waals surface area contributed by atoms with Gasteiger partial charge in [-0.1, -0.05) is 11.6 Å². The van der Waals surface area contributed by atoms with E-state index in [0.717, 1.165) is 18.4 Å². The van der Waals surface area contributed by atoms with E-state index >= 15 is 0 Å². The van der Waals surface area contributed by atoms with E-state index in [1.165, 1.54) is 40.1 Å². The second-order valence-electron chi connectivity index (χ2n) is 9.43. The molecule has 0 spiro atoms. The van der Waals surface area contributed by atoms with Gasteiger partial charge in [0.1, 0.15) is 11.5 Å². The number of hydrogen-bond donors (Lipinski definition) is 2. The number of halogens is 3. The smallest absolute Gasteiger partial charge is 0.336 e.